The van der Waals surface area contributed by atoms with Crippen molar-refractivity contribution in [3.05, 3.63) is 53.6 Å². The molecular formula is C20H24N2O4S. The van der Waals surface area contributed by atoms with Gasteiger partial charge in [0.2, 0.25) is 15.9 Å². The second kappa shape index (κ2) is 7.23. The molecule has 0 unspecified atom stereocenters. The SMILES string of the molecule is COc1ccc(C)cc1N(CC(=O)N1c2ccccc2C[C@@H]1C)S(C)(=O)=O. The van der Waals surface area contributed by atoms with Gasteiger partial charge in [-0.05, 0) is 49.6 Å². The first-order valence-electron chi connectivity index (χ1n) is 8.74. The van der Waals surface area contributed by atoms with Crippen molar-refractivity contribution in [3.8, 4) is 5.75 Å². The summed E-state index contributed by atoms with van der Waals surface area (Å²) < 4.78 is 31.4. The summed E-state index contributed by atoms with van der Waals surface area (Å²) in [6.45, 7) is 3.55. The van der Waals surface area contributed by atoms with Crippen LogP contribution in [-0.2, 0) is 21.2 Å². The molecule has 7 heteroatoms. The van der Waals surface area contributed by atoms with Crippen molar-refractivity contribution in [2.24, 2.45) is 0 Å². The molecule has 1 amide bonds. The molecular weight excluding hydrogens is 364 g/mol. The summed E-state index contributed by atoms with van der Waals surface area (Å²) in [4.78, 5) is 14.8. The number of hydrogen-bond acceptors (Lipinski definition) is 4. The average molecular weight is 388 g/mol. The molecule has 6 nitrogen and oxygen atoms in total. The van der Waals surface area contributed by atoms with E-state index in [1.807, 2.05) is 44.2 Å². The maximum atomic E-state index is 13.1. The highest BCUT2D eigenvalue weighted by atomic mass is 32.2. The van der Waals surface area contributed by atoms with Gasteiger partial charge in [-0.25, -0.2) is 8.42 Å². The molecule has 0 spiro atoms. The monoisotopic (exact) mass is 388 g/mol. The van der Waals surface area contributed by atoms with Crippen LogP contribution in [-0.4, -0.2) is 40.3 Å². The third-order valence-electron chi connectivity index (χ3n) is 4.76. The summed E-state index contributed by atoms with van der Waals surface area (Å²) in [5.74, 6) is 0.148. The van der Waals surface area contributed by atoms with Gasteiger partial charge in [0.05, 0.1) is 19.1 Å². The molecule has 1 aliphatic heterocycles. The van der Waals surface area contributed by atoms with Crippen LogP contribution < -0.4 is 13.9 Å². The number of amides is 1. The summed E-state index contributed by atoms with van der Waals surface area (Å²) in [6, 6.07) is 13.0. The van der Waals surface area contributed by atoms with E-state index in [1.54, 1.807) is 17.0 Å². The highest BCUT2D eigenvalue weighted by molar-refractivity contribution is 7.92. The number of ether oxygens (including phenoxy) is 1. The molecule has 0 saturated heterocycles. The Kier molecular flexibility index (Phi) is 5.15. The number of fused-ring (bicyclic) bond motifs is 1. The van der Waals surface area contributed by atoms with E-state index >= 15 is 0 Å². The summed E-state index contributed by atoms with van der Waals surface area (Å²) in [6.07, 6.45) is 1.86. The van der Waals surface area contributed by atoms with Crippen LogP contribution in [0.4, 0.5) is 11.4 Å². The van der Waals surface area contributed by atoms with Crippen LogP contribution in [0, 0.1) is 6.92 Å². The Hall–Kier alpha value is -2.54. The number of anilines is 2. The number of nitrogens with zero attached hydrogens (tertiary/aromatic N) is 2. The highest BCUT2D eigenvalue weighted by Crippen LogP contribution is 2.34. The van der Waals surface area contributed by atoms with E-state index in [4.69, 9.17) is 4.74 Å². The number of carbonyl (C=O) groups is 1. The molecule has 0 aliphatic carbocycles. The van der Waals surface area contributed by atoms with E-state index in [1.165, 1.54) is 7.11 Å². The quantitative estimate of drug-likeness (QED) is 0.790. The van der Waals surface area contributed by atoms with E-state index in [-0.39, 0.29) is 18.5 Å². The first-order valence-corrected chi connectivity index (χ1v) is 10.6. The maximum absolute atomic E-state index is 13.1. The Morgan fingerprint density at radius 2 is 1.96 bits per heavy atom. The Bertz CT molecular complexity index is 972. The van der Waals surface area contributed by atoms with Gasteiger partial charge in [-0.15, -0.1) is 0 Å². The van der Waals surface area contributed by atoms with Gasteiger partial charge >= 0.3 is 0 Å². The molecule has 1 atom stereocenters. The summed E-state index contributed by atoms with van der Waals surface area (Å²) in [7, 11) is -2.20. The van der Waals surface area contributed by atoms with Gasteiger partial charge in [0.25, 0.3) is 0 Å². The summed E-state index contributed by atoms with van der Waals surface area (Å²) in [5.41, 5.74) is 3.19. The molecule has 0 bridgehead atoms. The van der Waals surface area contributed by atoms with Crippen LogP contribution in [0.2, 0.25) is 0 Å². The number of methoxy groups -OCH3 is 1. The van der Waals surface area contributed by atoms with Gasteiger partial charge in [-0.2, -0.15) is 0 Å². The van der Waals surface area contributed by atoms with Crippen molar-refractivity contribution in [1.29, 1.82) is 0 Å². The van der Waals surface area contributed by atoms with Gasteiger partial charge in [-0.1, -0.05) is 24.3 Å². The number of hydrogen-bond donors (Lipinski definition) is 0. The van der Waals surface area contributed by atoms with Crippen LogP contribution in [0.15, 0.2) is 42.5 Å². The number of aryl methyl sites for hydroxylation is 1. The Balaban J connectivity index is 1.98. The molecule has 2 aromatic carbocycles. The third-order valence-corrected chi connectivity index (χ3v) is 5.88. The van der Waals surface area contributed by atoms with Gasteiger partial charge < -0.3 is 9.64 Å². The second-order valence-electron chi connectivity index (χ2n) is 6.89. The molecule has 1 heterocycles. The van der Waals surface area contributed by atoms with Crippen molar-refractivity contribution < 1.29 is 17.9 Å². The predicted octanol–water partition coefficient (Wildman–Crippen LogP) is 2.75. The summed E-state index contributed by atoms with van der Waals surface area (Å²) in [5, 5.41) is 0. The van der Waals surface area contributed by atoms with Crippen LogP contribution in [0.25, 0.3) is 0 Å². The zero-order valence-corrected chi connectivity index (χ0v) is 16.8. The molecule has 27 heavy (non-hydrogen) atoms. The molecule has 0 saturated carbocycles. The fourth-order valence-corrected chi connectivity index (χ4v) is 4.37. The van der Waals surface area contributed by atoms with Crippen LogP contribution in [0.5, 0.6) is 5.75 Å². The predicted molar refractivity (Wildman–Crippen MR) is 107 cm³/mol. The number of benzene rings is 2. The minimum atomic E-state index is -3.68. The zero-order valence-electron chi connectivity index (χ0n) is 16.0. The van der Waals surface area contributed by atoms with E-state index in [0.717, 1.165) is 33.8 Å². The number of para-hydroxylation sites is 1. The normalized spacial score (nSPS) is 16.1. The van der Waals surface area contributed by atoms with Crippen LogP contribution in [0.3, 0.4) is 0 Å². The topological polar surface area (TPSA) is 66.9 Å². The van der Waals surface area contributed by atoms with Crippen molar-refractivity contribution in [2.75, 3.05) is 29.1 Å². The van der Waals surface area contributed by atoms with Crippen molar-refractivity contribution in [2.45, 2.75) is 26.3 Å². The third kappa shape index (κ3) is 3.78. The van der Waals surface area contributed by atoms with E-state index in [0.29, 0.717) is 11.4 Å². The molecule has 0 aromatic heterocycles. The van der Waals surface area contributed by atoms with Gasteiger partial charge in [0.1, 0.15) is 12.3 Å². The molecule has 144 valence electrons. The first-order chi connectivity index (χ1) is 12.7. The van der Waals surface area contributed by atoms with Crippen LogP contribution in [0.1, 0.15) is 18.1 Å². The average Bonchev–Trinajstić information content (AvgIpc) is 2.94. The summed E-state index contributed by atoms with van der Waals surface area (Å²) >= 11 is 0. The minimum Gasteiger partial charge on any atom is -0.495 e. The molecule has 0 N–H and O–H groups in total. The maximum Gasteiger partial charge on any atom is 0.248 e. The van der Waals surface area contributed by atoms with E-state index in [2.05, 4.69) is 0 Å². The molecule has 0 fully saturated rings. The number of rotatable bonds is 5. The first kappa shape index (κ1) is 19.2. The zero-order chi connectivity index (χ0) is 19.8. The van der Waals surface area contributed by atoms with Crippen molar-refractivity contribution in [1.82, 2.24) is 0 Å². The lowest BCUT2D eigenvalue weighted by Gasteiger charge is -2.28. The Morgan fingerprint density at radius 3 is 2.63 bits per heavy atom. The molecule has 2 aromatic rings. The molecule has 1 aliphatic rings. The van der Waals surface area contributed by atoms with E-state index < -0.39 is 10.0 Å². The lowest BCUT2D eigenvalue weighted by molar-refractivity contribution is -0.117. The smallest absolute Gasteiger partial charge is 0.248 e. The molecule has 3 rings (SSSR count). The van der Waals surface area contributed by atoms with Crippen LogP contribution >= 0.6 is 0 Å². The minimum absolute atomic E-state index is 0.0179. The van der Waals surface area contributed by atoms with E-state index in [9.17, 15) is 13.2 Å². The largest absolute Gasteiger partial charge is 0.495 e. The fourth-order valence-electron chi connectivity index (χ4n) is 3.52. The van der Waals surface area contributed by atoms with Gasteiger partial charge in [0.15, 0.2) is 0 Å². The lowest BCUT2D eigenvalue weighted by atomic mass is 10.1. The van der Waals surface area contributed by atoms with Gasteiger partial charge in [0, 0.05) is 11.7 Å². The highest BCUT2D eigenvalue weighted by Gasteiger charge is 2.33. The second-order valence-corrected chi connectivity index (χ2v) is 8.80. The standard InChI is InChI=1S/C20H24N2O4S/c1-14-9-10-19(26-3)18(11-14)21(27(4,24)25)13-20(23)22-15(2)12-16-7-5-6-8-17(16)22/h5-11,15H,12-13H2,1-4H3/t15-/m0/s1. The number of sulfonamides is 1. The lowest BCUT2D eigenvalue weighted by Crippen LogP contribution is -2.45. The van der Waals surface area contributed by atoms with Crippen molar-refractivity contribution >= 4 is 27.3 Å². The van der Waals surface area contributed by atoms with Gasteiger partial charge in [-0.3, -0.25) is 9.10 Å². The fraction of sp³-hybridized carbons (Fsp3) is 0.350. The molecule has 0 radical (unpaired) electrons. The van der Waals surface area contributed by atoms with Crippen molar-refractivity contribution in [3.63, 3.8) is 0 Å². The Labute approximate surface area is 160 Å². The Morgan fingerprint density at radius 1 is 1.26 bits per heavy atom. The number of carbonyl (C=O) groups excluding carboxylic acids is 1.